The van der Waals surface area contributed by atoms with Crippen LogP contribution in [-0.4, -0.2) is 60.7 Å². The smallest absolute Gasteiger partial charge is 0.460 e. The molecule has 0 spiro atoms. The molecule has 0 bridgehead atoms. The minimum absolute atomic E-state index is 0.0119. The third kappa shape index (κ3) is 10.3. The van der Waals surface area contributed by atoms with Gasteiger partial charge in [-0.05, 0) is 55.7 Å². The molecule has 4 atom stereocenters. The minimum atomic E-state index is -8.30. The summed E-state index contributed by atoms with van der Waals surface area (Å²) in [5.74, 6) is -46.3. The molecule has 0 radical (unpaired) electrons. The highest BCUT2D eigenvalue weighted by molar-refractivity contribution is 5.52. The van der Waals surface area contributed by atoms with Crippen LogP contribution in [-0.2, 0) is 16.1 Å². The maximum Gasteiger partial charge on any atom is 0.460 e. The van der Waals surface area contributed by atoms with E-state index in [1.54, 1.807) is 0 Å². The summed E-state index contributed by atoms with van der Waals surface area (Å²) in [6, 6.07) is 5.48. The monoisotopic (exact) mass is 754 g/mol. The molecular weight excluding hydrogens is 717 g/mol. The maximum atomic E-state index is 14.0. The van der Waals surface area contributed by atoms with Crippen molar-refractivity contribution < 1.29 is 80.1 Å². The quantitative estimate of drug-likeness (QED) is 0.0543. The number of hydrogen-bond donors (Lipinski definition) is 0. The topological polar surface area (TPSA) is 35.5 Å². The Morgan fingerprint density at radius 2 is 1.12 bits per heavy atom. The lowest BCUT2D eigenvalue weighted by Crippen LogP contribution is -2.72. The number of aldehydes is 1. The molecule has 3 nitrogen and oxygen atoms in total. The van der Waals surface area contributed by atoms with Crippen molar-refractivity contribution in [1.29, 1.82) is 0 Å². The number of rotatable bonds is 21. The Balaban J connectivity index is 2.71. The molecule has 0 amide bonds. The van der Waals surface area contributed by atoms with Gasteiger partial charge >= 0.3 is 41.7 Å². The van der Waals surface area contributed by atoms with Crippen molar-refractivity contribution in [2.45, 2.75) is 108 Å². The fraction of sp³-hybridized carbons (Fsp3) is 0.656. The zero-order chi connectivity index (χ0) is 39.0. The summed E-state index contributed by atoms with van der Waals surface area (Å²) >= 11 is 0. The molecule has 0 unspecified atom stereocenters. The zero-order valence-electron chi connectivity index (χ0n) is 27.1. The van der Waals surface area contributed by atoms with Crippen molar-refractivity contribution in [3.8, 4) is 5.75 Å². The number of ether oxygens (including phenoxy) is 2. The van der Waals surface area contributed by atoms with Gasteiger partial charge in [0, 0.05) is 12.3 Å². The van der Waals surface area contributed by atoms with Crippen LogP contribution in [0.1, 0.15) is 58.9 Å². The molecule has 0 fully saturated rings. The number of carbonyl (C=O) groups is 1. The van der Waals surface area contributed by atoms with Crippen LogP contribution in [0.4, 0.5) is 65.9 Å². The van der Waals surface area contributed by atoms with Crippen molar-refractivity contribution in [1.82, 2.24) is 0 Å². The highest BCUT2D eigenvalue weighted by Crippen LogP contribution is 2.62. The van der Waals surface area contributed by atoms with Gasteiger partial charge in [-0.15, -0.1) is 0 Å². The van der Waals surface area contributed by atoms with E-state index in [1.165, 1.54) is 24.3 Å². The average molecular weight is 755 g/mol. The predicted octanol–water partition coefficient (Wildman–Crippen LogP) is 11.1. The molecule has 0 aromatic heterocycles. The number of halogens is 15. The molecule has 0 heterocycles. The lowest BCUT2D eigenvalue weighted by Gasteiger charge is -2.41. The Morgan fingerprint density at radius 1 is 0.640 bits per heavy atom. The number of alkyl halides is 15. The van der Waals surface area contributed by atoms with E-state index in [1.807, 2.05) is 52.0 Å². The van der Waals surface area contributed by atoms with Crippen LogP contribution >= 0.6 is 0 Å². The third-order valence-electron chi connectivity index (χ3n) is 7.63. The first-order valence-electron chi connectivity index (χ1n) is 15.1. The molecule has 1 aromatic rings. The van der Waals surface area contributed by atoms with Crippen molar-refractivity contribution in [2.75, 3.05) is 6.61 Å². The third-order valence-corrected chi connectivity index (χ3v) is 7.63. The van der Waals surface area contributed by atoms with Crippen LogP contribution < -0.4 is 4.74 Å². The Labute approximate surface area is 278 Å². The Kier molecular flexibility index (Phi) is 15.4. The SMILES string of the molecule is C[C@H](/C=C/C[C@@H](C)/C=C/C[C@@H](C)C=O)[C@H](C)OCc1ccc(OCCCC(F)(F)C(F)(F)C(F)(F)C(F)(F)C(F)(F)C(F)(F)C(F)(F)F)cc1. The van der Waals surface area contributed by atoms with Crippen molar-refractivity contribution >= 4 is 6.29 Å². The van der Waals surface area contributed by atoms with E-state index in [0.29, 0.717) is 12.0 Å². The molecule has 1 aromatic carbocycles. The van der Waals surface area contributed by atoms with Crippen LogP contribution in [0.15, 0.2) is 48.6 Å². The summed E-state index contributed by atoms with van der Waals surface area (Å²) in [7, 11) is 0. The van der Waals surface area contributed by atoms with Crippen molar-refractivity contribution in [3.05, 3.63) is 54.1 Å². The molecule has 0 N–H and O–H groups in total. The number of benzene rings is 1. The second kappa shape index (κ2) is 17.1. The molecular formula is C32H37F15O3. The van der Waals surface area contributed by atoms with Gasteiger partial charge in [0.25, 0.3) is 0 Å². The van der Waals surface area contributed by atoms with Gasteiger partial charge < -0.3 is 14.3 Å². The first-order chi connectivity index (χ1) is 22.6. The normalized spacial score (nSPS) is 16.9. The predicted molar refractivity (Wildman–Crippen MR) is 152 cm³/mol. The summed E-state index contributed by atoms with van der Waals surface area (Å²) in [5.41, 5.74) is 0.603. The summed E-state index contributed by atoms with van der Waals surface area (Å²) in [4.78, 5) is 10.7. The molecule has 50 heavy (non-hydrogen) atoms. The zero-order valence-corrected chi connectivity index (χ0v) is 27.1. The number of carbonyl (C=O) groups excluding carboxylic acids is 1. The lowest BCUT2D eigenvalue weighted by molar-refractivity contribution is -0.452. The molecule has 288 valence electrons. The van der Waals surface area contributed by atoms with E-state index < -0.39 is 61.2 Å². The number of hydrogen-bond acceptors (Lipinski definition) is 3. The van der Waals surface area contributed by atoms with Gasteiger partial charge in [-0.3, -0.25) is 0 Å². The molecule has 1 rings (SSSR count). The molecule has 0 aliphatic carbocycles. The first kappa shape index (κ1) is 45.1. The van der Waals surface area contributed by atoms with Gasteiger partial charge in [0.15, 0.2) is 0 Å². The van der Waals surface area contributed by atoms with Gasteiger partial charge in [0.1, 0.15) is 12.0 Å². The second-order valence-corrected chi connectivity index (χ2v) is 12.0. The van der Waals surface area contributed by atoms with Crippen LogP contribution in [0.3, 0.4) is 0 Å². The molecule has 0 aliphatic rings. The molecule has 18 heteroatoms. The van der Waals surface area contributed by atoms with Gasteiger partial charge in [0.05, 0.1) is 19.3 Å². The summed E-state index contributed by atoms with van der Waals surface area (Å²) in [6.07, 6.45) is -1.35. The van der Waals surface area contributed by atoms with Gasteiger partial charge in [-0.2, -0.15) is 65.9 Å². The average Bonchev–Trinajstić information content (AvgIpc) is 3.01. The Morgan fingerprint density at radius 3 is 1.64 bits per heavy atom. The Bertz CT molecular complexity index is 1260. The van der Waals surface area contributed by atoms with Crippen molar-refractivity contribution in [2.24, 2.45) is 17.8 Å². The van der Waals surface area contributed by atoms with E-state index in [-0.39, 0.29) is 36.2 Å². The Hall–Kier alpha value is -2.92. The van der Waals surface area contributed by atoms with Gasteiger partial charge in [0.2, 0.25) is 0 Å². The van der Waals surface area contributed by atoms with Crippen LogP contribution in [0.25, 0.3) is 0 Å². The van der Waals surface area contributed by atoms with E-state index in [0.717, 1.165) is 12.7 Å². The molecule has 0 saturated carbocycles. The highest BCUT2D eigenvalue weighted by atomic mass is 19.4. The molecule has 0 aliphatic heterocycles. The standard InChI is InChI=1S/C32H37F15O3/c1-20(8-5-10-21(2)18-48)9-6-11-22(3)23(4)50-19-24-12-14-25(15-13-24)49-17-7-16-26(33,34)27(35,36)28(37,38)29(39,40)30(41,42)31(43,44)32(45,46)47/h5-6,8,11-15,18,20-23H,7,9-10,16-17,19H2,1-4H3/b8-5+,11-6+/t20-,21+,22+,23-/m0/s1. The summed E-state index contributed by atoms with van der Waals surface area (Å²) in [6.45, 7) is 6.77. The summed E-state index contributed by atoms with van der Waals surface area (Å²) in [5, 5.41) is 0. The van der Waals surface area contributed by atoms with E-state index >= 15 is 0 Å². The fourth-order valence-corrected chi connectivity index (χ4v) is 4.03. The second-order valence-electron chi connectivity index (χ2n) is 12.0. The van der Waals surface area contributed by atoms with Crippen LogP contribution in [0.5, 0.6) is 5.75 Å². The van der Waals surface area contributed by atoms with E-state index in [9.17, 15) is 70.7 Å². The maximum absolute atomic E-state index is 14.0. The first-order valence-corrected chi connectivity index (χ1v) is 15.1. The van der Waals surface area contributed by atoms with Gasteiger partial charge in [-0.1, -0.05) is 57.2 Å². The highest BCUT2D eigenvalue weighted by Gasteiger charge is 2.93. The van der Waals surface area contributed by atoms with E-state index in [2.05, 4.69) is 0 Å². The minimum Gasteiger partial charge on any atom is -0.494 e. The van der Waals surface area contributed by atoms with Crippen molar-refractivity contribution in [3.63, 3.8) is 0 Å². The van der Waals surface area contributed by atoms with E-state index in [4.69, 9.17) is 9.47 Å². The lowest BCUT2D eigenvalue weighted by atomic mass is 9.90. The van der Waals surface area contributed by atoms with Gasteiger partial charge in [-0.25, -0.2) is 0 Å². The number of allylic oxidation sites excluding steroid dienone is 3. The largest absolute Gasteiger partial charge is 0.494 e. The fourth-order valence-electron chi connectivity index (χ4n) is 4.03. The van der Waals surface area contributed by atoms with Crippen LogP contribution in [0.2, 0.25) is 0 Å². The van der Waals surface area contributed by atoms with Crippen LogP contribution in [0, 0.1) is 17.8 Å². The molecule has 0 saturated heterocycles. The summed E-state index contributed by atoms with van der Waals surface area (Å²) < 4.78 is 211.